The number of rotatable bonds is 5. The molecule has 0 spiro atoms. The van der Waals surface area contributed by atoms with Gasteiger partial charge in [0.05, 0.1) is 18.9 Å². The maximum Gasteiger partial charge on any atom is 0.180 e. The second-order valence-electron chi connectivity index (χ2n) is 5.29. The van der Waals surface area contributed by atoms with E-state index in [-0.39, 0.29) is 0 Å². The first-order valence-electron chi connectivity index (χ1n) is 7.71. The van der Waals surface area contributed by atoms with E-state index in [0.29, 0.717) is 0 Å². The number of unbranched alkanes of at least 4 members (excludes halogenated alkanes) is 2. The second kappa shape index (κ2) is 6.72. The van der Waals surface area contributed by atoms with Crippen LogP contribution in [0.3, 0.4) is 0 Å². The van der Waals surface area contributed by atoms with Crippen LogP contribution in [0.25, 0.3) is 11.7 Å². The summed E-state index contributed by atoms with van der Waals surface area (Å²) in [6.07, 6.45) is 13.7. The molecular formula is C16H22N4O. The molecule has 1 aliphatic heterocycles. The highest BCUT2D eigenvalue weighted by atomic mass is 16.5. The van der Waals surface area contributed by atoms with Crippen LogP contribution >= 0.6 is 0 Å². The van der Waals surface area contributed by atoms with E-state index in [4.69, 9.17) is 9.72 Å². The third-order valence-electron chi connectivity index (χ3n) is 3.70. The van der Waals surface area contributed by atoms with Crippen molar-refractivity contribution in [2.24, 2.45) is 0 Å². The maximum atomic E-state index is 5.43. The van der Waals surface area contributed by atoms with Gasteiger partial charge in [0.25, 0.3) is 0 Å². The number of morpholine rings is 1. The van der Waals surface area contributed by atoms with Crippen molar-refractivity contribution < 1.29 is 4.74 Å². The predicted molar refractivity (Wildman–Crippen MR) is 84.6 cm³/mol. The minimum absolute atomic E-state index is 0.755. The van der Waals surface area contributed by atoms with Crippen LogP contribution in [0.5, 0.6) is 0 Å². The molecule has 0 bridgehead atoms. The third kappa shape index (κ3) is 3.24. The molecule has 0 radical (unpaired) electrons. The normalized spacial score (nSPS) is 16.1. The van der Waals surface area contributed by atoms with Gasteiger partial charge in [0.15, 0.2) is 11.5 Å². The Morgan fingerprint density at radius 2 is 2.19 bits per heavy atom. The minimum atomic E-state index is 0.755. The zero-order chi connectivity index (χ0) is 14.5. The van der Waals surface area contributed by atoms with Crippen molar-refractivity contribution in [2.75, 3.05) is 31.2 Å². The van der Waals surface area contributed by atoms with Crippen LogP contribution in [-0.4, -0.2) is 40.7 Å². The van der Waals surface area contributed by atoms with E-state index in [1.54, 1.807) is 0 Å². The summed E-state index contributed by atoms with van der Waals surface area (Å²) < 4.78 is 7.48. The molecule has 0 saturated carbocycles. The topological polar surface area (TPSA) is 42.7 Å². The van der Waals surface area contributed by atoms with Gasteiger partial charge >= 0.3 is 0 Å². The molecule has 2 aromatic rings. The Morgan fingerprint density at radius 1 is 1.33 bits per heavy atom. The Hall–Kier alpha value is -1.88. The van der Waals surface area contributed by atoms with Crippen LogP contribution < -0.4 is 4.90 Å². The molecule has 21 heavy (non-hydrogen) atoms. The zero-order valence-corrected chi connectivity index (χ0v) is 12.5. The number of hydrogen-bond donors (Lipinski definition) is 0. The van der Waals surface area contributed by atoms with E-state index >= 15 is 0 Å². The van der Waals surface area contributed by atoms with Crippen LogP contribution in [0.4, 0.5) is 5.82 Å². The van der Waals surface area contributed by atoms with Gasteiger partial charge in [-0.25, -0.2) is 9.97 Å². The summed E-state index contributed by atoms with van der Waals surface area (Å²) in [5.74, 6) is 0.959. The number of allylic oxidation sites excluding steroid dienone is 1. The number of imidazole rings is 1. The fourth-order valence-corrected chi connectivity index (χ4v) is 2.53. The van der Waals surface area contributed by atoms with Gasteiger partial charge in [-0.3, -0.25) is 0 Å². The highest BCUT2D eigenvalue weighted by Crippen LogP contribution is 2.20. The van der Waals surface area contributed by atoms with E-state index in [1.165, 1.54) is 12.8 Å². The van der Waals surface area contributed by atoms with Crippen LogP contribution in [0.15, 0.2) is 24.7 Å². The van der Waals surface area contributed by atoms with Crippen LogP contribution in [-0.2, 0) is 4.74 Å². The van der Waals surface area contributed by atoms with Gasteiger partial charge in [0.1, 0.15) is 0 Å². The van der Waals surface area contributed by atoms with Crippen molar-refractivity contribution in [2.45, 2.75) is 26.2 Å². The second-order valence-corrected chi connectivity index (χ2v) is 5.29. The molecule has 0 unspecified atom stereocenters. The Bertz CT molecular complexity index is 614. The number of anilines is 1. The first-order chi connectivity index (χ1) is 10.4. The number of hydrogen-bond acceptors (Lipinski definition) is 4. The van der Waals surface area contributed by atoms with Gasteiger partial charge in [-0.2, -0.15) is 0 Å². The molecule has 3 heterocycles. The molecule has 112 valence electrons. The molecule has 0 aromatic carbocycles. The first-order valence-corrected chi connectivity index (χ1v) is 7.71. The maximum absolute atomic E-state index is 5.43. The summed E-state index contributed by atoms with van der Waals surface area (Å²) in [6, 6.07) is 0. The van der Waals surface area contributed by atoms with Crippen molar-refractivity contribution in [3.05, 3.63) is 30.4 Å². The first kappa shape index (κ1) is 14.1. The molecule has 2 aromatic heterocycles. The summed E-state index contributed by atoms with van der Waals surface area (Å²) in [4.78, 5) is 11.5. The molecule has 0 amide bonds. The summed E-state index contributed by atoms with van der Waals surface area (Å²) >= 11 is 0. The van der Waals surface area contributed by atoms with Crippen molar-refractivity contribution in [1.29, 1.82) is 0 Å². The minimum Gasteiger partial charge on any atom is -0.378 e. The fraction of sp³-hybridized carbons (Fsp3) is 0.500. The molecule has 1 saturated heterocycles. The van der Waals surface area contributed by atoms with E-state index in [1.807, 2.05) is 18.6 Å². The summed E-state index contributed by atoms with van der Waals surface area (Å²) in [5.41, 5.74) is 1.90. The number of fused-ring (bicyclic) bond motifs is 1. The van der Waals surface area contributed by atoms with Crippen molar-refractivity contribution in [3.63, 3.8) is 0 Å². The molecule has 1 aliphatic rings. The molecule has 0 N–H and O–H groups in total. The molecule has 0 atom stereocenters. The SMILES string of the molecule is CCCC/C=C/c1cn2ccnc2c(N2CCOCC2)n1. The highest BCUT2D eigenvalue weighted by Gasteiger charge is 2.17. The standard InChI is InChI=1S/C16H22N4O/c1-2-3-4-5-6-14-13-20-8-7-17-15(20)16(18-14)19-9-11-21-12-10-19/h5-8,13H,2-4,9-12H2,1H3/b6-5+. The molecule has 5 heteroatoms. The average molecular weight is 286 g/mol. The Kier molecular flexibility index (Phi) is 4.50. The lowest BCUT2D eigenvalue weighted by molar-refractivity contribution is 0.122. The lowest BCUT2D eigenvalue weighted by Crippen LogP contribution is -2.37. The monoisotopic (exact) mass is 286 g/mol. The molecule has 1 fully saturated rings. The Morgan fingerprint density at radius 3 is 3.00 bits per heavy atom. The zero-order valence-electron chi connectivity index (χ0n) is 12.5. The van der Waals surface area contributed by atoms with Crippen molar-refractivity contribution >= 4 is 17.5 Å². The van der Waals surface area contributed by atoms with E-state index < -0.39 is 0 Å². The fourth-order valence-electron chi connectivity index (χ4n) is 2.53. The van der Waals surface area contributed by atoms with Gasteiger partial charge < -0.3 is 14.0 Å². The Labute approximate surface area is 125 Å². The quantitative estimate of drug-likeness (QED) is 0.793. The van der Waals surface area contributed by atoms with Crippen LogP contribution in [0, 0.1) is 0 Å². The molecule has 5 nitrogen and oxygen atoms in total. The van der Waals surface area contributed by atoms with Gasteiger partial charge in [-0.15, -0.1) is 0 Å². The lowest BCUT2D eigenvalue weighted by Gasteiger charge is -2.28. The van der Waals surface area contributed by atoms with Gasteiger partial charge in [0, 0.05) is 31.7 Å². The molecular weight excluding hydrogens is 264 g/mol. The smallest absolute Gasteiger partial charge is 0.180 e. The lowest BCUT2D eigenvalue weighted by atomic mass is 10.2. The largest absolute Gasteiger partial charge is 0.378 e. The average Bonchev–Trinajstić information content (AvgIpc) is 3.00. The van der Waals surface area contributed by atoms with Gasteiger partial charge in [-0.05, 0) is 12.5 Å². The predicted octanol–water partition coefficient (Wildman–Crippen LogP) is 2.77. The number of ether oxygens (including phenoxy) is 1. The number of aromatic nitrogens is 3. The molecule has 0 aliphatic carbocycles. The Balaban J connectivity index is 1.89. The van der Waals surface area contributed by atoms with E-state index in [2.05, 4.69) is 33.4 Å². The van der Waals surface area contributed by atoms with Gasteiger partial charge in [0.2, 0.25) is 0 Å². The molecule has 3 rings (SSSR count). The summed E-state index contributed by atoms with van der Waals surface area (Å²) in [5, 5.41) is 0. The van der Waals surface area contributed by atoms with Crippen molar-refractivity contribution in [1.82, 2.24) is 14.4 Å². The summed E-state index contributed by atoms with van der Waals surface area (Å²) in [7, 11) is 0. The van der Waals surface area contributed by atoms with E-state index in [0.717, 1.165) is 49.9 Å². The van der Waals surface area contributed by atoms with Crippen LogP contribution in [0.2, 0.25) is 0 Å². The van der Waals surface area contributed by atoms with Gasteiger partial charge in [-0.1, -0.05) is 25.8 Å². The number of nitrogens with zero attached hydrogens (tertiary/aromatic N) is 4. The summed E-state index contributed by atoms with van der Waals surface area (Å²) in [6.45, 7) is 5.47. The third-order valence-corrected chi connectivity index (χ3v) is 3.70. The highest BCUT2D eigenvalue weighted by molar-refractivity contribution is 5.66. The van der Waals surface area contributed by atoms with Crippen LogP contribution in [0.1, 0.15) is 31.9 Å². The van der Waals surface area contributed by atoms with E-state index in [9.17, 15) is 0 Å². The van der Waals surface area contributed by atoms with Crippen molar-refractivity contribution in [3.8, 4) is 0 Å².